The van der Waals surface area contributed by atoms with Gasteiger partial charge in [-0.15, -0.1) is 0 Å². The molecule has 0 saturated heterocycles. The van der Waals surface area contributed by atoms with E-state index in [1.807, 2.05) is 0 Å². The largest absolute Gasteiger partial charge is 0.299 e. The summed E-state index contributed by atoms with van der Waals surface area (Å²) in [5.41, 5.74) is 1.40. The summed E-state index contributed by atoms with van der Waals surface area (Å²) in [6, 6.07) is 10.6. The average Bonchev–Trinajstić information content (AvgIpc) is 2.59. The third kappa shape index (κ3) is 4.21. The van der Waals surface area contributed by atoms with Crippen molar-refractivity contribution < 1.29 is 4.79 Å². The zero-order valence-corrected chi connectivity index (χ0v) is 13.8. The van der Waals surface area contributed by atoms with Crippen molar-refractivity contribution in [3.63, 3.8) is 0 Å². The van der Waals surface area contributed by atoms with Gasteiger partial charge >= 0.3 is 0 Å². The lowest BCUT2D eigenvalue weighted by Crippen LogP contribution is -2.31. The van der Waals surface area contributed by atoms with Crippen LogP contribution < -0.4 is 0 Å². The highest BCUT2D eigenvalue weighted by Gasteiger charge is 2.34. The Kier molecular flexibility index (Phi) is 5.70. The van der Waals surface area contributed by atoms with Crippen LogP contribution in [0, 0.1) is 17.8 Å². The number of unbranched alkanes of at least 4 members (excludes halogenated alkanes) is 1. The van der Waals surface area contributed by atoms with Crippen molar-refractivity contribution in [2.75, 3.05) is 0 Å². The Morgan fingerprint density at radius 3 is 2.50 bits per heavy atom. The topological polar surface area (TPSA) is 17.1 Å². The van der Waals surface area contributed by atoms with E-state index >= 15 is 0 Å². The molecular formula is C21H30O. The number of benzene rings is 1. The molecule has 1 nitrogen and oxygen atoms in total. The summed E-state index contributed by atoms with van der Waals surface area (Å²) in [4.78, 5) is 12.5. The fourth-order valence-electron chi connectivity index (χ4n) is 4.64. The molecule has 0 aromatic heterocycles. The molecule has 1 heteroatoms. The smallest absolute Gasteiger partial charge is 0.135 e. The first-order valence-corrected chi connectivity index (χ1v) is 9.39. The summed E-state index contributed by atoms with van der Waals surface area (Å²) in [6.07, 6.45) is 13.5. The molecule has 0 heterocycles. The second-order valence-corrected chi connectivity index (χ2v) is 7.47. The van der Waals surface area contributed by atoms with Crippen molar-refractivity contribution in [1.29, 1.82) is 0 Å². The lowest BCUT2D eigenvalue weighted by molar-refractivity contribution is -0.125. The van der Waals surface area contributed by atoms with Crippen molar-refractivity contribution >= 4 is 5.78 Å². The highest BCUT2D eigenvalue weighted by Crippen LogP contribution is 2.43. The number of fused-ring (bicyclic) bond motifs is 1. The van der Waals surface area contributed by atoms with Gasteiger partial charge in [-0.1, -0.05) is 56.0 Å². The molecule has 1 aromatic rings. The van der Waals surface area contributed by atoms with Gasteiger partial charge in [-0.25, -0.2) is 0 Å². The minimum atomic E-state index is 0.399. The number of carbonyl (C=O) groups is 1. The summed E-state index contributed by atoms with van der Waals surface area (Å²) in [6.45, 7) is 0. The third-order valence-electron chi connectivity index (χ3n) is 5.98. The van der Waals surface area contributed by atoms with E-state index in [0.29, 0.717) is 11.7 Å². The van der Waals surface area contributed by atoms with E-state index in [1.165, 1.54) is 50.5 Å². The Hall–Kier alpha value is -1.11. The zero-order chi connectivity index (χ0) is 15.2. The SMILES string of the molecule is O=C(CCCCc1ccccc1)C1CCC2CCCCC2C1. The normalized spacial score (nSPS) is 28.1. The maximum Gasteiger partial charge on any atom is 0.135 e. The molecule has 2 fully saturated rings. The number of Topliss-reactive ketones (excluding diaryl/α,β-unsaturated/α-hetero) is 1. The number of carbonyl (C=O) groups excluding carboxylic acids is 1. The molecule has 0 aliphatic heterocycles. The highest BCUT2D eigenvalue weighted by molar-refractivity contribution is 5.81. The van der Waals surface area contributed by atoms with E-state index < -0.39 is 0 Å². The molecule has 3 rings (SSSR count). The fourth-order valence-corrected chi connectivity index (χ4v) is 4.64. The van der Waals surface area contributed by atoms with Crippen LogP contribution in [0.2, 0.25) is 0 Å². The van der Waals surface area contributed by atoms with Gasteiger partial charge in [-0.05, 0) is 55.9 Å². The number of rotatable bonds is 6. The molecule has 2 aliphatic rings. The average molecular weight is 298 g/mol. The summed E-state index contributed by atoms with van der Waals surface area (Å²) < 4.78 is 0. The van der Waals surface area contributed by atoms with Crippen molar-refractivity contribution in [2.24, 2.45) is 17.8 Å². The summed E-state index contributed by atoms with van der Waals surface area (Å²) in [5.74, 6) is 2.80. The van der Waals surface area contributed by atoms with Crippen molar-refractivity contribution in [1.82, 2.24) is 0 Å². The molecule has 2 aliphatic carbocycles. The minimum absolute atomic E-state index is 0.399. The Labute approximate surface area is 135 Å². The molecule has 0 bridgehead atoms. The number of hydrogen-bond acceptors (Lipinski definition) is 1. The van der Waals surface area contributed by atoms with Crippen LogP contribution in [0.1, 0.15) is 69.8 Å². The van der Waals surface area contributed by atoms with Gasteiger partial charge in [0.15, 0.2) is 0 Å². The first-order chi connectivity index (χ1) is 10.8. The maximum absolute atomic E-state index is 12.5. The Balaban J connectivity index is 1.37. The Bertz CT molecular complexity index is 464. The molecule has 3 unspecified atom stereocenters. The monoisotopic (exact) mass is 298 g/mol. The van der Waals surface area contributed by atoms with Crippen LogP contribution in [-0.4, -0.2) is 5.78 Å². The summed E-state index contributed by atoms with van der Waals surface area (Å²) >= 11 is 0. The molecular weight excluding hydrogens is 268 g/mol. The van der Waals surface area contributed by atoms with Crippen molar-refractivity contribution in [2.45, 2.75) is 70.6 Å². The van der Waals surface area contributed by atoms with Crippen LogP contribution in [0.3, 0.4) is 0 Å². The second-order valence-electron chi connectivity index (χ2n) is 7.47. The van der Waals surface area contributed by atoms with E-state index in [0.717, 1.165) is 37.5 Å². The Morgan fingerprint density at radius 1 is 0.909 bits per heavy atom. The predicted molar refractivity (Wildman–Crippen MR) is 91.8 cm³/mol. The van der Waals surface area contributed by atoms with E-state index in [-0.39, 0.29) is 0 Å². The van der Waals surface area contributed by atoms with Gasteiger partial charge in [-0.3, -0.25) is 4.79 Å². The van der Waals surface area contributed by atoms with Crippen LogP contribution in [0.5, 0.6) is 0 Å². The number of aryl methyl sites for hydroxylation is 1. The molecule has 120 valence electrons. The lowest BCUT2D eigenvalue weighted by atomic mass is 9.66. The van der Waals surface area contributed by atoms with Gasteiger partial charge in [0.25, 0.3) is 0 Å². The molecule has 1 aromatic carbocycles. The first kappa shape index (κ1) is 15.8. The first-order valence-electron chi connectivity index (χ1n) is 9.39. The lowest BCUT2D eigenvalue weighted by Gasteiger charge is -2.38. The molecule has 2 saturated carbocycles. The molecule has 3 atom stereocenters. The maximum atomic E-state index is 12.5. The van der Waals surface area contributed by atoms with Gasteiger partial charge in [0, 0.05) is 12.3 Å². The molecule has 22 heavy (non-hydrogen) atoms. The summed E-state index contributed by atoms with van der Waals surface area (Å²) in [7, 11) is 0. The van der Waals surface area contributed by atoms with Crippen LogP contribution >= 0.6 is 0 Å². The quantitative estimate of drug-likeness (QED) is 0.627. The van der Waals surface area contributed by atoms with Crippen LogP contribution in [0.4, 0.5) is 0 Å². The second kappa shape index (κ2) is 7.94. The van der Waals surface area contributed by atoms with E-state index in [9.17, 15) is 4.79 Å². The minimum Gasteiger partial charge on any atom is -0.299 e. The molecule has 0 radical (unpaired) electrons. The van der Waals surface area contributed by atoms with E-state index in [1.54, 1.807) is 0 Å². The summed E-state index contributed by atoms with van der Waals surface area (Å²) in [5, 5.41) is 0. The number of ketones is 1. The van der Waals surface area contributed by atoms with Gasteiger partial charge in [0.2, 0.25) is 0 Å². The van der Waals surface area contributed by atoms with E-state index in [2.05, 4.69) is 30.3 Å². The molecule has 0 N–H and O–H groups in total. The molecule has 0 spiro atoms. The van der Waals surface area contributed by atoms with Gasteiger partial charge in [-0.2, -0.15) is 0 Å². The van der Waals surface area contributed by atoms with Gasteiger partial charge in [0.1, 0.15) is 5.78 Å². The highest BCUT2D eigenvalue weighted by atomic mass is 16.1. The zero-order valence-electron chi connectivity index (χ0n) is 13.8. The van der Waals surface area contributed by atoms with Gasteiger partial charge < -0.3 is 0 Å². The van der Waals surface area contributed by atoms with Crippen LogP contribution in [0.25, 0.3) is 0 Å². The third-order valence-corrected chi connectivity index (χ3v) is 5.98. The standard InChI is InChI=1S/C21H30O/c22-21(13-7-4-10-17-8-2-1-3-9-17)20-15-14-18-11-5-6-12-19(18)16-20/h1-3,8-9,18-20H,4-7,10-16H2. The van der Waals surface area contributed by atoms with Crippen LogP contribution in [-0.2, 0) is 11.2 Å². The van der Waals surface area contributed by atoms with Crippen LogP contribution in [0.15, 0.2) is 30.3 Å². The number of hydrogen-bond donors (Lipinski definition) is 0. The molecule has 0 amide bonds. The predicted octanol–water partition coefficient (Wildman–Crippen LogP) is 5.58. The Morgan fingerprint density at radius 2 is 1.68 bits per heavy atom. The van der Waals surface area contributed by atoms with E-state index in [4.69, 9.17) is 0 Å². The van der Waals surface area contributed by atoms with Gasteiger partial charge in [0.05, 0.1) is 0 Å². The van der Waals surface area contributed by atoms with Crippen molar-refractivity contribution in [3.05, 3.63) is 35.9 Å². The fraction of sp³-hybridized carbons (Fsp3) is 0.667. The van der Waals surface area contributed by atoms with Crippen molar-refractivity contribution in [3.8, 4) is 0 Å².